The van der Waals surface area contributed by atoms with Crippen molar-refractivity contribution >= 4 is 12.0 Å². The molecule has 5 heteroatoms. The van der Waals surface area contributed by atoms with Gasteiger partial charge in [-0.2, -0.15) is 5.26 Å². The second-order valence-corrected chi connectivity index (χ2v) is 4.38. The number of benzene rings is 1. The quantitative estimate of drug-likeness (QED) is 0.375. The first-order valence-corrected chi connectivity index (χ1v) is 5.75. The summed E-state index contributed by atoms with van der Waals surface area (Å²) in [6.07, 6.45) is 1.18. The molecule has 100 valence electrons. The highest BCUT2D eigenvalue weighted by atomic mass is 16.5. The first kappa shape index (κ1) is 14.6. The number of nitrogens with zero attached hydrogens (tertiary/aromatic N) is 1. The molecule has 0 amide bonds. The van der Waals surface area contributed by atoms with Gasteiger partial charge in [-0.05, 0) is 18.1 Å². The van der Waals surface area contributed by atoms with Crippen LogP contribution in [0.1, 0.15) is 19.4 Å². The lowest BCUT2D eigenvalue weighted by molar-refractivity contribution is -0.139. The second kappa shape index (κ2) is 6.45. The molecule has 0 fully saturated rings. The van der Waals surface area contributed by atoms with E-state index in [1.54, 1.807) is 6.07 Å². The summed E-state index contributed by atoms with van der Waals surface area (Å²) >= 11 is 0. The number of hydrogen-bond acceptors (Lipinski definition) is 5. The highest BCUT2D eigenvalue weighted by Gasteiger charge is 2.13. The molecule has 0 spiro atoms. The molecular weight excluding hydrogens is 246 g/mol. The molecule has 0 unspecified atom stereocenters. The van der Waals surface area contributed by atoms with Crippen LogP contribution in [-0.2, 0) is 9.53 Å². The fraction of sp³-hybridized carbons (Fsp3) is 0.286. The maximum absolute atomic E-state index is 11.6. The van der Waals surface area contributed by atoms with Gasteiger partial charge in [-0.15, -0.1) is 0 Å². The van der Waals surface area contributed by atoms with E-state index in [0.29, 0.717) is 0 Å². The van der Waals surface area contributed by atoms with Crippen LogP contribution in [-0.4, -0.2) is 22.8 Å². The highest BCUT2D eigenvalue weighted by molar-refractivity contribution is 5.98. The Morgan fingerprint density at radius 1 is 1.47 bits per heavy atom. The fourth-order valence-electron chi connectivity index (χ4n) is 1.28. The average Bonchev–Trinajstić information content (AvgIpc) is 2.37. The summed E-state index contributed by atoms with van der Waals surface area (Å²) < 4.78 is 4.92. The van der Waals surface area contributed by atoms with Crippen molar-refractivity contribution < 1.29 is 19.7 Å². The summed E-state index contributed by atoms with van der Waals surface area (Å²) in [5, 5.41) is 27.8. The molecule has 1 aromatic carbocycles. The van der Waals surface area contributed by atoms with E-state index >= 15 is 0 Å². The molecule has 0 aliphatic heterocycles. The van der Waals surface area contributed by atoms with Gasteiger partial charge in [-0.3, -0.25) is 0 Å². The number of carbonyl (C=O) groups excluding carboxylic acids is 1. The Balaban J connectivity index is 2.97. The molecule has 1 rings (SSSR count). The van der Waals surface area contributed by atoms with E-state index in [1.165, 1.54) is 24.3 Å². The highest BCUT2D eigenvalue weighted by Crippen LogP contribution is 2.29. The third kappa shape index (κ3) is 4.03. The minimum Gasteiger partial charge on any atom is -0.504 e. The summed E-state index contributed by atoms with van der Waals surface area (Å²) in [6.45, 7) is 3.97. The Labute approximate surface area is 111 Å². The lowest BCUT2D eigenvalue weighted by Gasteiger charge is -2.06. The minimum atomic E-state index is -0.751. The number of phenols is 2. The summed E-state index contributed by atoms with van der Waals surface area (Å²) in [6, 6.07) is 5.99. The topological polar surface area (TPSA) is 90.6 Å². The zero-order chi connectivity index (χ0) is 14.4. The lowest BCUT2D eigenvalue weighted by Crippen LogP contribution is -2.11. The van der Waals surface area contributed by atoms with Gasteiger partial charge in [0.25, 0.3) is 0 Å². The average molecular weight is 261 g/mol. The molecule has 0 heterocycles. The van der Waals surface area contributed by atoms with E-state index in [9.17, 15) is 15.0 Å². The summed E-state index contributed by atoms with van der Waals surface area (Å²) in [4.78, 5) is 11.6. The van der Waals surface area contributed by atoms with E-state index in [4.69, 9.17) is 10.00 Å². The Morgan fingerprint density at radius 2 is 2.16 bits per heavy atom. The van der Waals surface area contributed by atoms with Crippen molar-refractivity contribution in [3.05, 3.63) is 29.3 Å². The summed E-state index contributed by atoms with van der Waals surface area (Å²) in [7, 11) is 0. The molecular formula is C14H15NO4. The van der Waals surface area contributed by atoms with Crippen LogP contribution in [0, 0.1) is 17.2 Å². The molecule has 1 aromatic rings. The molecule has 0 saturated carbocycles. The molecule has 0 aliphatic carbocycles. The van der Waals surface area contributed by atoms with Crippen molar-refractivity contribution in [3.63, 3.8) is 0 Å². The van der Waals surface area contributed by atoms with Crippen LogP contribution in [0.25, 0.3) is 6.08 Å². The van der Waals surface area contributed by atoms with E-state index in [0.717, 1.165) is 0 Å². The van der Waals surface area contributed by atoms with Crippen LogP contribution >= 0.6 is 0 Å². The van der Waals surface area contributed by atoms with Crippen molar-refractivity contribution in [2.24, 2.45) is 5.92 Å². The van der Waals surface area contributed by atoms with Gasteiger partial charge in [0.15, 0.2) is 11.5 Å². The Hall–Kier alpha value is -2.48. The standard InChI is InChI=1S/C14H15NO4/c1-9(2)8-19-14(18)11(7-15)6-10-4-3-5-12(16)13(10)17/h3-6,9,16-17H,8H2,1-2H3/b11-6+. The van der Waals surface area contributed by atoms with E-state index in [1.807, 2.05) is 13.8 Å². The van der Waals surface area contributed by atoms with Crippen LogP contribution in [0.3, 0.4) is 0 Å². The van der Waals surface area contributed by atoms with E-state index in [-0.39, 0.29) is 35.2 Å². The van der Waals surface area contributed by atoms with Gasteiger partial charge in [-0.1, -0.05) is 26.0 Å². The van der Waals surface area contributed by atoms with Gasteiger partial charge in [0, 0.05) is 5.56 Å². The lowest BCUT2D eigenvalue weighted by atomic mass is 10.1. The Bertz CT molecular complexity index is 541. The van der Waals surface area contributed by atoms with Gasteiger partial charge >= 0.3 is 5.97 Å². The van der Waals surface area contributed by atoms with Gasteiger partial charge in [0.2, 0.25) is 0 Å². The van der Waals surface area contributed by atoms with Crippen molar-refractivity contribution in [1.29, 1.82) is 5.26 Å². The largest absolute Gasteiger partial charge is 0.504 e. The van der Waals surface area contributed by atoms with Gasteiger partial charge in [-0.25, -0.2) is 4.79 Å². The predicted molar refractivity (Wildman–Crippen MR) is 69.2 cm³/mol. The smallest absolute Gasteiger partial charge is 0.348 e. The van der Waals surface area contributed by atoms with Gasteiger partial charge in [0.05, 0.1) is 6.61 Å². The fourth-order valence-corrected chi connectivity index (χ4v) is 1.28. The Kier molecular flexibility index (Phi) is 4.95. The molecule has 0 aromatic heterocycles. The van der Waals surface area contributed by atoms with Gasteiger partial charge in [0.1, 0.15) is 11.6 Å². The van der Waals surface area contributed by atoms with Crippen LogP contribution in [0.15, 0.2) is 23.8 Å². The minimum absolute atomic E-state index is 0.165. The van der Waals surface area contributed by atoms with Gasteiger partial charge < -0.3 is 14.9 Å². The third-order valence-electron chi connectivity index (χ3n) is 2.23. The molecule has 0 aliphatic rings. The number of para-hydroxylation sites is 1. The van der Waals surface area contributed by atoms with Crippen LogP contribution in [0.2, 0.25) is 0 Å². The van der Waals surface area contributed by atoms with E-state index in [2.05, 4.69) is 0 Å². The second-order valence-electron chi connectivity index (χ2n) is 4.38. The maximum Gasteiger partial charge on any atom is 0.348 e. The predicted octanol–water partition coefficient (Wildman–Crippen LogP) is 2.20. The van der Waals surface area contributed by atoms with Crippen LogP contribution in [0.5, 0.6) is 11.5 Å². The molecule has 2 N–H and O–H groups in total. The first-order valence-electron chi connectivity index (χ1n) is 5.75. The Morgan fingerprint density at radius 3 is 2.74 bits per heavy atom. The zero-order valence-electron chi connectivity index (χ0n) is 10.8. The third-order valence-corrected chi connectivity index (χ3v) is 2.23. The van der Waals surface area contributed by atoms with Crippen molar-refractivity contribution in [3.8, 4) is 17.6 Å². The number of carbonyl (C=O) groups is 1. The number of aromatic hydroxyl groups is 2. The van der Waals surface area contributed by atoms with Crippen LogP contribution in [0.4, 0.5) is 0 Å². The number of esters is 1. The zero-order valence-corrected chi connectivity index (χ0v) is 10.8. The number of hydrogen-bond donors (Lipinski definition) is 2. The molecule has 5 nitrogen and oxygen atoms in total. The number of nitriles is 1. The summed E-state index contributed by atoms with van der Waals surface area (Å²) in [5.74, 6) is -1.29. The van der Waals surface area contributed by atoms with Crippen molar-refractivity contribution in [1.82, 2.24) is 0 Å². The molecule has 19 heavy (non-hydrogen) atoms. The van der Waals surface area contributed by atoms with Crippen LogP contribution < -0.4 is 0 Å². The monoisotopic (exact) mass is 261 g/mol. The van der Waals surface area contributed by atoms with Crippen molar-refractivity contribution in [2.45, 2.75) is 13.8 Å². The molecule has 0 radical (unpaired) electrons. The normalized spacial score (nSPS) is 11.2. The molecule has 0 saturated heterocycles. The number of ether oxygens (including phenoxy) is 1. The molecule has 0 bridgehead atoms. The summed E-state index contributed by atoms with van der Waals surface area (Å²) in [5.41, 5.74) is -0.0559. The number of rotatable bonds is 4. The number of phenolic OH excluding ortho intramolecular Hbond substituents is 2. The first-order chi connectivity index (χ1) is 8.95. The van der Waals surface area contributed by atoms with E-state index < -0.39 is 5.97 Å². The molecule has 0 atom stereocenters. The van der Waals surface area contributed by atoms with Crippen molar-refractivity contribution in [2.75, 3.05) is 6.61 Å². The maximum atomic E-state index is 11.6. The SMILES string of the molecule is CC(C)COC(=O)/C(C#N)=C/c1cccc(O)c1O.